The van der Waals surface area contributed by atoms with Crippen LogP contribution in [0.25, 0.3) is 0 Å². The standard InChI is InChI=1S/C26H22O6/c1-18(2)16-30-24(27)20-13-21(25(28)31-17-19-9-5-3-6-10-19)15-22(14-20)26(29)32-23-11-7-4-8-12-23/h3-15H,1,16-17H2,2H3. The van der Waals surface area contributed by atoms with Gasteiger partial charge in [-0.25, -0.2) is 14.4 Å². The predicted molar refractivity (Wildman–Crippen MR) is 119 cm³/mol. The minimum absolute atomic E-state index is 0.0188. The van der Waals surface area contributed by atoms with E-state index >= 15 is 0 Å². The van der Waals surface area contributed by atoms with Gasteiger partial charge >= 0.3 is 17.9 Å². The SMILES string of the molecule is C=C(C)COC(=O)c1cc(C(=O)OCc2ccccc2)cc(C(=O)Oc2ccccc2)c1. The van der Waals surface area contributed by atoms with Gasteiger partial charge in [0.15, 0.2) is 0 Å². The first-order chi connectivity index (χ1) is 15.4. The molecular weight excluding hydrogens is 408 g/mol. The lowest BCUT2D eigenvalue weighted by molar-refractivity contribution is 0.0472. The van der Waals surface area contributed by atoms with Gasteiger partial charge in [-0.2, -0.15) is 0 Å². The van der Waals surface area contributed by atoms with Gasteiger partial charge in [-0.1, -0.05) is 55.1 Å². The van der Waals surface area contributed by atoms with Crippen molar-refractivity contribution in [3.05, 3.63) is 113 Å². The molecule has 0 fully saturated rings. The maximum Gasteiger partial charge on any atom is 0.343 e. The van der Waals surface area contributed by atoms with Crippen LogP contribution in [0.2, 0.25) is 0 Å². The highest BCUT2D eigenvalue weighted by molar-refractivity contribution is 6.01. The number of hydrogen-bond donors (Lipinski definition) is 0. The molecule has 0 atom stereocenters. The molecule has 6 heteroatoms. The van der Waals surface area contributed by atoms with Gasteiger partial charge in [-0.3, -0.25) is 0 Å². The number of benzene rings is 3. The quantitative estimate of drug-likeness (QED) is 0.284. The summed E-state index contributed by atoms with van der Waals surface area (Å²) in [6.07, 6.45) is 0. The molecule has 0 aliphatic heterocycles. The Morgan fingerprint density at radius 1 is 0.719 bits per heavy atom. The summed E-state index contributed by atoms with van der Waals surface area (Å²) in [6, 6.07) is 21.6. The minimum atomic E-state index is -0.720. The molecule has 3 aromatic rings. The van der Waals surface area contributed by atoms with Crippen molar-refractivity contribution in [1.29, 1.82) is 0 Å². The van der Waals surface area contributed by atoms with Gasteiger partial charge in [-0.15, -0.1) is 0 Å². The summed E-state index contributed by atoms with van der Waals surface area (Å²) in [7, 11) is 0. The molecule has 0 spiro atoms. The second kappa shape index (κ2) is 10.7. The highest BCUT2D eigenvalue weighted by Gasteiger charge is 2.19. The molecule has 0 radical (unpaired) electrons. The summed E-state index contributed by atoms with van der Waals surface area (Å²) in [5.74, 6) is -1.76. The molecular formula is C26H22O6. The maximum absolute atomic E-state index is 12.7. The molecule has 3 aromatic carbocycles. The summed E-state index contributed by atoms with van der Waals surface area (Å²) in [5.41, 5.74) is 1.54. The molecule has 0 amide bonds. The van der Waals surface area contributed by atoms with E-state index in [-0.39, 0.29) is 29.9 Å². The second-order valence-electron chi connectivity index (χ2n) is 7.10. The van der Waals surface area contributed by atoms with Gasteiger partial charge in [0, 0.05) is 0 Å². The van der Waals surface area contributed by atoms with Crippen molar-refractivity contribution >= 4 is 17.9 Å². The van der Waals surface area contributed by atoms with Crippen LogP contribution < -0.4 is 4.74 Å². The lowest BCUT2D eigenvalue weighted by Gasteiger charge is -2.10. The molecule has 0 saturated carbocycles. The van der Waals surface area contributed by atoms with Gasteiger partial charge in [0.25, 0.3) is 0 Å². The molecule has 0 heterocycles. The van der Waals surface area contributed by atoms with E-state index < -0.39 is 17.9 Å². The number of carbonyl (C=O) groups is 3. The topological polar surface area (TPSA) is 78.9 Å². The van der Waals surface area contributed by atoms with E-state index in [1.165, 1.54) is 18.2 Å². The Kier molecular flexibility index (Phi) is 7.54. The fraction of sp³-hybridized carbons (Fsp3) is 0.115. The molecule has 0 aromatic heterocycles. The number of esters is 3. The van der Waals surface area contributed by atoms with Crippen LogP contribution in [0.3, 0.4) is 0 Å². The summed E-state index contributed by atoms with van der Waals surface area (Å²) in [4.78, 5) is 37.8. The molecule has 0 N–H and O–H groups in total. The third-order valence-corrected chi connectivity index (χ3v) is 4.26. The van der Waals surface area contributed by atoms with Crippen LogP contribution in [0.5, 0.6) is 5.75 Å². The molecule has 0 saturated heterocycles. The second-order valence-corrected chi connectivity index (χ2v) is 7.10. The predicted octanol–water partition coefficient (Wildman–Crippen LogP) is 5.00. The average molecular weight is 430 g/mol. The fourth-order valence-corrected chi connectivity index (χ4v) is 2.71. The number of para-hydroxylation sites is 1. The van der Waals surface area contributed by atoms with Gasteiger partial charge in [-0.05, 0) is 48.4 Å². The van der Waals surface area contributed by atoms with E-state index in [1.807, 2.05) is 30.3 Å². The zero-order valence-corrected chi connectivity index (χ0v) is 17.6. The van der Waals surface area contributed by atoms with Crippen molar-refractivity contribution < 1.29 is 28.6 Å². The zero-order chi connectivity index (χ0) is 22.9. The van der Waals surface area contributed by atoms with E-state index in [1.54, 1.807) is 37.3 Å². The van der Waals surface area contributed by atoms with Crippen molar-refractivity contribution in [2.75, 3.05) is 6.61 Å². The highest BCUT2D eigenvalue weighted by atomic mass is 16.5. The smallest absolute Gasteiger partial charge is 0.343 e. The summed E-state index contributed by atoms with van der Waals surface area (Å²) in [5, 5.41) is 0. The van der Waals surface area contributed by atoms with Gasteiger partial charge < -0.3 is 14.2 Å². The molecule has 32 heavy (non-hydrogen) atoms. The third kappa shape index (κ3) is 6.40. The number of hydrogen-bond acceptors (Lipinski definition) is 6. The Hall–Kier alpha value is -4.19. The van der Waals surface area contributed by atoms with Gasteiger partial charge in [0.05, 0.1) is 16.7 Å². The first kappa shape index (κ1) is 22.5. The van der Waals surface area contributed by atoms with Crippen LogP contribution in [0.1, 0.15) is 43.6 Å². The van der Waals surface area contributed by atoms with E-state index in [2.05, 4.69) is 6.58 Å². The molecule has 6 nitrogen and oxygen atoms in total. The normalized spacial score (nSPS) is 10.2. The van der Waals surface area contributed by atoms with E-state index in [0.29, 0.717) is 11.3 Å². The minimum Gasteiger partial charge on any atom is -0.458 e. The first-order valence-electron chi connectivity index (χ1n) is 9.87. The van der Waals surface area contributed by atoms with Crippen LogP contribution in [0, 0.1) is 0 Å². The maximum atomic E-state index is 12.7. The Labute approximate surface area is 186 Å². The van der Waals surface area contributed by atoms with Crippen molar-refractivity contribution in [3.8, 4) is 5.75 Å². The molecule has 0 aliphatic rings. The molecule has 0 bridgehead atoms. The lowest BCUT2D eigenvalue weighted by Crippen LogP contribution is -2.15. The van der Waals surface area contributed by atoms with E-state index in [0.717, 1.165) is 5.56 Å². The van der Waals surface area contributed by atoms with Crippen LogP contribution >= 0.6 is 0 Å². The zero-order valence-electron chi connectivity index (χ0n) is 17.6. The highest BCUT2D eigenvalue weighted by Crippen LogP contribution is 2.17. The Bertz CT molecular complexity index is 1120. The van der Waals surface area contributed by atoms with Gasteiger partial charge in [0.2, 0.25) is 0 Å². The van der Waals surface area contributed by atoms with E-state index in [9.17, 15) is 14.4 Å². The van der Waals surface area contributed by atoms with Crippen molar-refractivity contribution in [2.45, 2.75) is 13.5 Å². The average Bonchev–Trinajstić information content (AvgIpc) is 2.82. The molecule has 0 aliphatic carbocycles. The van der Waals surface area contributed by atoms with Crippen molar-refractivity contribution in [3.63, 3.8) is 0 Å². The van der Waals surface area contributed by atoms with Crippen LogP contribution in [0.15, 0.2) is 91.0 Å². The van der Waals surface area contributed by atoms with Crippen molar-refractivity contribution in [1.82, 2.24) is 0 Å². The van der Waals surface area contributed by atoms with Crippen LogP contribution in [-0.4, -0.2) is 24.5 Å². The number of ether oxygens (including phenoxy) is 3. The summed E-state index contributed by atoms with van der Waals surface area (Å²) >= 11 is 0. The third-order valence-electron chi connectivity index (χ3n) is 4.26. The lowest BCUT2D eigenvalue weighted by atomic mass is 10.1. The van der Waals surface area contributed by atoms with Crippen LogP contribution in [0.4, 0.5) is 0 Å². The largest absolute Gasteiger partial charge is 0.458 e. The Balaban J connectivity index is 1.85. The van der Waals surface area contributed by atoms with Crippen molar-refractivity contribution in [2.24, 2.45) is 0 Å². The van der Waals surface area contributed by atoms with Crippen LogP contribution in [-0.2, 0) is 16.1 Å². The number of rotatable bonds is 8. The molecule has 3 rings (SSSR count). The summed E-state index contributed by atoms with van der Waals surface area (Å²) < 4.78 is 15.8. The Morgan fingerprint density at radius 2 is 1.22 bits per heavy atom. The Morgan fingerprint density at radius 3 is 1.78 bits per heavy atom. The fourth-order valence-electron chi connectivity index (χ4n) is 2.71. The monoisotopic (exact) mass is 430 g/mol. The number of carbonyl (C=O) groups excluding carboxylic acids is 3. The molecule has 0 unspecified atom stereocenters. The summed E-state index contributed by atoms with van der Waals surface area (Å²) in [6.45, 7) is 5.47. The van der Waals surface area contributed by atoms with Gasteiger partial charge in [0.1, 0.15) is 19.0 Å². The molecule has 162 valence electrons. The first-order valence-corrected chi connectivity index (χ1v) is 9.87. The van der Waals surface area contributed by atoms with E-state index in [4.69, 9.17) is 14.2 Å².